The van der Waals surface area contributed by atoms with Crippen LogP contribution in [0, 0.1) is 0 Å². The van der Waals surface area contributed by atoms with Crippen LogP contribution in [0.2, 0.25) is 5.02 Å². The van der Waals surface area contributed by atoms with Gasteiger partial charge >= 0.3 is 0 Å². The summed E-state index contributed by atoms with van der Waals surface area (Å²) in [5.41, 5.74) is 1.07. The smallest absolute Gasteiger partial charge is 0.0494 e. The van der Waals surface area contributed by atoms with Crippen molar-refractivity contribution in [3.63, 3.8) is 0 Å². The molecule has 0 spiro atoms. The molecule has 0 aliphatic heterocycles. The minimum Gasteiger partial charge on any atom is -0.379 e. The van der Waals surface area contributed by atoms with Crippen LogP contribution in [0.5, 0.6) is 0 Å². The second-order valence-corrected chi connectivity index (χ2v) is 6.24. The van der Waals surface area contributed by atoms with Crippen LogP contribution in [0.4, 0.5) is 5.69 Å². The van der Waals surface area contributed by atoms with Crippen molar-refractivity contribution in [1.82, 2.24) is 0 Å². The molecule has 0 aliphatic carbocycles. The molecule has 2 aromatic rings. The second kappa shape index (κ2) is 5.89. The van der Waals surface area contributed by atoms with E-state index in [1.54, 1.807) is 0 Å². The Morgan fingerprint density at radius 2 is 2.00 bits per heavy atom. The van der Waals surface area contributed by atoms with E-state index in [-0.39, 0.29) is 0 Å². The van der Waals surface area contributed by atoms with Gasteiger partial charge in [0.25, 0.3) is 0 Å². The lowest BCUT2D eigenvalue weighted by Crippen LogP contribution is -1.97. The lowest BCUT2D eigenvalue weighted by atomic mass is 10.3. The van der Waals surface area contributed by atoms with E-state index in [2.05, 4.69) is 40.3 Å². The van der Waals surface area contributed by atoms with Crippen LogP contribution in [-0.2, 0) is 13.0 Å². The molecule has 4 heteroatoms. The molecule has 0 bridgehead atoms. The molecular weight excluding hydrogens is 318 g/mol. The van der Waals surface area contributed by atoms with Crippen molar-refractivity contribution in [1.29, 1.82) is 0 Å². The van der Waals surface area contributed by atoms with Gasteiger partial charge in [0, 0.05) is 31.5 Å². The van der Waals surface area contributed by atoms with Crippen molar-refractivity contribution in [3.05, 3.63) is 49.6 Å². The van der Waals surface area contributed by atoms with E-state index >= 15 is 0 Å². The lowest BCUT2D eigenvalue weighted by Gasteiger charge is -2.07. The van der Waals surface area contributed by atoms with Crippen LogP contribution in [0.25, 0.3) is 0 Å². The Kier molecular flexibility index (Phi) is 4.48. The van der Waals surface area contributed by atoms with Gasteiger partial charge in [-0.25, -0.2) is 0 Å². The fourth-order valence-corrected chi connectivity index (χ4v) is 3.24. The standard InChI is InChI=1S/C13H13BrClNS/c1-2-10-4-5-11(17-10)8-16-13-6-3-9(15)7-12(13)14/h3-7,16H,2,8H2,1H3. The van der Waals surface area contributed by atoms with Crippen molar-refractivity contribution in [2.75, 3.05) is 5.32 Å². The Balaban J connectivity index is 2.02. The molecule has 0 aliphatic rings. The van der Waals surface area contributed by atoms with Crippen molar-refractivity contribution in [2.45, 2.75) is 19.9 Å². The molecule has 0 fully saturated rings. The van der Waals surface area contributed by atoms with Gasteiger partial charge in [-0.2, -0.15) is 0 Å². The number of nitrogens with one attached hydrogen (secondary N) is 1. The highest BCUT2D eigenvalue weighted by molar-refractivity contribution is 9.10. The Bertz CT molecular complexity index is 510. The predicted molar refractivity (Wildman–Crippen MR) is 80.2 cm³/mol. The highest BCUT2D eigenvalue weighted by Gasteiger charge is 2.02. The number of rotatable bonds is 4. The van der Waals surface area contributed by atoms with E-state index in [0.29, 0.717) is 0 Å². The van der Waals surface area contributed by atoms with Crippen LogP contribution >= 0.6 is 38.9 Å². The highest BCUT2D eigenvalue weighted by Crippen LogP contribution is 2.27. The first-order chi connectivity index (χ1) is 8.19. The number of aryl methyl sites for hydroxylation is 1. The molecular formula is C13H13BrClNS. The van der Waals surface area contributed by atoms with Crippen molar-refractivity contribution in [3.8, 4) is 0 Å². The minimum absolute atomic E-state index is 0.742. The summed E-state index contributed by atoms with van der Waals surface area (Å²) in [6.45, 7) is 3.03. The minimum atomic E-state index is 0.742. The second-order valence-electron chi connectivity index (χ2n) is 3.70. The van der Waals surface area contributed by atoms with Gasteiger partial charge in [-0.15, -0.1) is 11.3 Å². The van der Waals surface area contributed by atoms with Crippen LogP contribution in [-0.4, -0.2) is 0 Å². The number of benzene rings is 1. The molecule has 0 saturated carbocycles. The molecule has 1 nitrogen and oxygen atoms in total. The molecule has 2 rings (SSSR count). The Morgan fingerprint density at radius 3 is 2.65 bits per heavy atom. The number of hydrogen-bond acceptors (Lipinski definition) is 2. The van der Waals surface area contributed by atoms with Crippen LogP contribution in [0.15, 0.2) is 34.8 Å². The van der Waals surface area contributed by atoms with E-state index in [0.717, 1.165) is 28.1 Å². The summed E-state index contributed by atoms with van der Waals surface area (Å²) in [5, 5.41) is 4.14. The summed E-state index contributed by atoms with van der Waals surface area (Å²) in [6.07, 6.45) is 1.11. The van der Waals surface area contributed by atoms with Crippen molar-refractivity contribution >= 4 is 44.6 Å². The summed E-state index contributed by atoms with van der Waals surface area (Å²) in [7, 11) is 0. The zero-order valence-corrected chi connectivity index (χ0v) is 12.6. The molecule has 1 heterocycles. The van der Waals surface area contributed by atoms with Crippen LogP contribution < -0.4 is 5.32 Å². The lowest BCUT2D eigenvalue weighted by molar-refractivity contribution is 1.19. The summed E-state index contributed by atoms with van der Waals surface area (Å²) < 4.78 is 0.997. The first-order valence-corrected chi connectivity index (χ1v) is 7.44. The van der Waals surface area contributed by atoms with E-state index in [1.807, 2.05) is 29.5 Å². The summed E-state index contributed by atoms with van der Waals surface area (Å²) >= 11 is 11.3. The maximum Gasteiger partial charge on any atom is 0.0494 e. The number of thiophene rings is 1. The molecule has 90 valence electrons. The normalized spacial score (nSPS) is 10.5. The Morgan fingerprint density at radius 1 is 1.24 bits per heavy atom. The van der Waals surface area contributed by atoms with E-state index < -0.39 is 0 Å². The average Bonchev–Trinajstić information content (AvgIpc) is 2.76. The van der Waals surface area contributed by atoms with Gasteiger partial charge < -0.3 is 5.32 Å². The molecule has 0 radical (unpaired) electrons. The summed E-state index contributed by atoms with van der Waals surface area (Å²) in [4.78, 5) is 2.78. The molecule has 0 saturated heterocycles. The molecule has 1 aromatic heterocycles. The predicted octanol–water partition coefficient (Wildman–Crippen LogP) is 5.34. The van der Waals surface area contributed by atoms with Crippen LogP contribution in [0.3, 0.4) is 0 Å². The molecule has 0 atom stereocenters. The molecule has 0 amide bonds. The molecule has 17 heavy (non-hydrogen) atoms. The van der Waals surface area contributed by atoms with Crippen LogP contribution in [0.1, 0.15) is 16.7 Å². The summed E-state index contributed by atoms with van der Waals surface area (Å²) in [5.74, 6) is 0. The van der Waals surface area contributed by atoms with Gasteiger partial charge in [0.15, 0.2) is 0 Å². The van der Waals surface area contributed by atoms with E-state index in [1.165, 1.54) is 9.75 Å². The van der Waals surface area contributed by atoms with Gasteiger partial charge in [0.2, 0.25) is 0 Å². The zero-order valence-electron chi connectivity index (χ0n) is 9.47. The quantitative estimate of drug-likeness (QED) is 0.798. The Hall–Kier alpha value is -0.510. The monoisotopic (exact) mass is 329 g/mol. The molecule has 1 N–H and O–H groups in total. The number of halogens is 2. The topological polar surface area (TPSA) is 12.0 Å². The van der Waals surface area contributed by atoms with Gasteiger partial charge in [-0.05, 0) is 52.7 Å². The van der Waals surface area contributed by atoms with Crippen molar-refractivity contribution < 1.29 is 0 Å². The Labute approximate surface area is 119 Å². The fourth-order valence-electron chi connectivity index (χ4n) is 1.52. The van der Waals surface area contributed by atoms with E-state index in [9.17, 15) is 0 Å². The number of hydrogen-bond donors (Lipinski definition) is 1. The van der Waals surface area contributed by atoms with Crippen molar-refractivity contribution in [2.24, 2.45) is 0 Å². The SMILES string of the molecule is CCc1ccc(CNc2ccc(Cl)cc2Br)s1. The molecule has 0 unspecified atom stereocenters. The molecule has 1 aromatic carbocycles. The third kappa shape index (κ3) is 3.47. The van der Waals surface area contributed by atoms with Gasteiger partial charge in [-0.1, -0.05) is 18.5 Å². The zero-order chi connectivity index (χ0) is 12.3. The number of anilines is 1. The van der Waals surface area contributed by atoms with E-state index in [4.69, 9.17) is 11.6 Å². The first-order valence-electron chi connectivity index (χ1n) is 5.45. The largest absolute Gasteiger partial charge is 0.379 e. The maximum absolute atomic E-state index is 5.90. The third-order valence-corrected chi connectivity index (χ3v) is 4.57. The fraction of sp³-hybridized carbons (Fsp3) is 0.231. The van der Waals surface area contributed by atoms with Gasteiger partial charge in [0.1, 0.15) is 0 Å². The highest BCUT2D eigenvalue weighted by atomic mass is 79.9. The summed E-state index contributed by atoms with van der Waals surface area (Å²) in [6, 6.07) is 10.1. The van der Waals surface area contributed by atoms with Gasteiger partial charge in [0.05, 0.1) is 0 Å². The van der Waals surface area contributed by atoms with Gasteiger partial charge in [-0.3, -0.25) is 0 Å². The maximum atomic E-state index is 5.90. The average molecular weight is 331 g/mol. The third-order valence-electron chi connectivity index (χ3n) is 2.45. The first kappa shape index (κ1) is 12.9.